The first-order chi connectivity index (χ1) is 10.7. The third-order valence-corrected chi connectivity index (χ3v) is 4.19. The molecular formula is C16H21N3O3. The van der Waals surface area contributed by atoms with Gasteiger partial charge in [0.1, 0.15) is 12.6 Å². The molecule has 0 radical (unpaired) electrons. The maximum atomic E-state index is 12.5. The number of fused-ring (bicyclic) bond motifs is 2. The average Bonchev–Trinajstić information content (AvgIpc) is 2.78. The lowest BCUT2D eigenvalue weighted by molar-refractivity contribution is -0.140. The second-order valence-corrected chi connectivity index (χ2v) is 5.66. The van der Waals surface area contributed by atoms with Gasteiger partial charge in [-0.1, -0.05) is 30.3 Å². The molecule has 1 aromatic rings. The van der Waals surface area contributed by atoms with E-state index in [2.05, 4.69) is 5.32 Å². The second kappa shape index (κ2) is 6.36. The van der Waals surface area contributed by atoms with Crippen LogP contribution in [0.3, 0.4) is 0 Å². The Kier molecular flexibility index (Phi) is 4.29. The van der Waals surface area contributed by atoms with Crippen molar-refractivity contribution in [2.75, 3.05) is 13.1 Å². The molecule has 2 aliphatic rings. The number of amides is 3. The van der Waals surface area contributed by atoms with E-state index < -0.39 is 0 Å². The zero-order valence-corrected chi connectivity index (χ0v) is 12.7. The summed E-state index contributed by atoms with van der Waals surface area (Å²) in [6.07, 6.45) is 1.48. The van der Waals surface area contributed by atoms with E-state index in [-0.39, 0.29) is 24.0 Å². The first-order valence-electron chi connectivity index (χ1n) is 7.75. The van der Waals surface area contributed by atoms with Crippen LogP contribution in [0.15, 0.2) is 30.3 Å². The molecule has 3 amide bonds. The molecule has 3 rings (SSSR count). The smallest absolute Gasteiger partial charge is 0.345 e. The van der Waals surface area contributed by atoms with Crippen LogP contribution in [-0.4, -0.2) is 47.1 Å². The fraction of sp³-hybridized carbons (Fsp3) is 0.500. The normalized spacial score (nSPS) is 23.8. The summed E-state index contributed by atoms with van der Waals surface area (Å²) in [4.78, 5) is 31.9. The Hall–Kier alpha value is -2.08. The molecule has 2 heterocycles. The van der Waals surface area contributed by atoms with Crippen LogP contribution in [0, 0.1) is 0 Å². The molecule has 2 fully saturated rings. The third kappa shape index (κ3) is 2.78. The Morgan fingerprint density at radius 1 is 1.32 bits per heavy atom. The number of piperidine rings is 1. The predicted molar refractivity (Wildman–Crippen MR) is 80.7 cm³/mol. The van der Waals surface area contributed by atoms with Gasteiger partial charge in [0, 0.05) is 13.1 Å². The summed E-state index contributed by atoms with van der Waals surface area (Å²) in [6, 6.07) is 9.23. The molecule has 0 unspecified atom stereocenters. The Morgan fingerprint density at radius 3 is 2.82 bits per heavy atom. The lowest BCUT2D eigenvalue weighted by Crippen LogP contribution is -2.49. The molecule has 22 heavy (non-hydrogen) atoms. The molecule has 2 bridgehead atoms. The number of hydrogen-bond donors (Lipinski definition) is 1. The number of urea groups is 1. The number of carbonyl (C=O) groups is 2. The SMILES string of the molecule is CCNC(=O)[C@@H]1CC[C@H]2CN1C(=O)N2OCc1ccccc1. The Bertz CT molecular complexity index is 549. The molecule has 6 nitrogen and oxygen atoms in total. The molecule has 0 spiro atoms. The quantitative estimate of drug-likeness (QED) is 0.897. The van der Waals surface area contributed by atoms with Gasteiger partial charge in [-0.05, 0) is 25.3 Å². The highest BCUT2D eigenvalue weighted by Crippen LogP contribution is 2.30. The van der Waals surface area contributed by atoms with Crippen LogP contribution in [0.1, 0.15) is 25.3 Å². The molecule has 2 atom stereocenters. The average molecular weight is 303 g/mol. The largest absolute Gasteiger partial charge is 0.355 e. The number of hydroxylamine groups is 2. The van der Waals surface area contributed by atoms with Crippen LogP contribution in [0.5, 0.6) is 0 Å². The highest BCUT2D eigenvalue weighted by molar-refractivity contribution is 5.88. The summed E-state index contributed by atoms with van der Waals surface area (Å²) in [5, 5.41) is 4.25. The first kappa shape index (κ1) is 14.8. The second-order valence-electron chi connectivity index (χ2n) is 5.66. The topological polar surface area (TPSA) is 61.9 Å². The molecule has 0 saturated carbocycles. The number of rotatable bonds is 5. The van der Waals surface area contributed by atoms with E-state index in [1.165, 1.54) is 5.06 Å². The highest BCUT2D eigenvalue weighted by Gasteiger charge is 2.47. The number of likely N-dealkylation sites (N-methyl/N-ethyl adjacent to an activating group) is 1. The standard InChI is InChI=1S/C16H21N3O3/c1-2-17-15(20)14-9-8-13-10-18(14)16(21)19(13)22-11-12-6-4-3-5-7-12/h3-7,13-14H,2,8-11H2,1H3,(H,17,20)/t13-,14-/m0/s1. The maximum absolute atomic E-state index is 12.5. The number of nitrogens with one attached hydrogen (secondary N) is 1. The van der Waals surface area contributed by atoms with Gasteiger partial charge >= 0.3 is 6.03 Å². The first-order valence-corrected chi connectivity index (χ1v) is 7.75. The van der Waals surface area contributed by atoms with Crippen LogP contribution in [0.4, 0.5) is 4.79 Å². The highest BCUT2D eigenvalue weighted by atomic mass is 16.7. The lowest BCUT2D eigenvalue weighted by Gasteiger charge is -2.29. The van der Waals surface area contributed by atoms with Crippen molar-refractivity contribution >= 4 is 11.9 Å². The lowest BCUT2D eigenvalue weighted by atomic mass is 10.0. The van der Waals surface area contributed by atoms with Gasteiger partial charge in [-0.25, -0.2) is 4.79 Å². The third-order valence-electron chi connectivity index (χ3n) is 4.19. The van der Waals surface area contributed by atoms with E-state index >= 15 is 0 Å². The summed E-state index contributed by atoms with van der Waals surface area (Å²) >= 11 is 0. The molecule has 2 aliphatic heterocycles. The van der Waals surface area contributed by atoms with Gasteiger partial charge in [-0.2, -0.15) is 5.06 Å². The van der Waals surface area contributed by atoms with Gasteiger partial charge in [0.25, 0.3) is 0 Å². The van der Waals surface area contributed by atoms with Gasteiger partial charge in [-0.3, -0.25) is 9.63 Å². The van der Waals surface area contributed by atoms with Crippen molar-refractivity contribution < 1.29 is 14.4 Å². The Balaban J connectivity index is 1.64. The minimum Gasteiger partial charge on any atom is -0.355 e. The van der Waals surface area contributed by atoms with Gasteiger partial charge in [0.2, 0.25) is 5.91 Å². The van der Waals surface area contributed by atoms with Crippen LogP contribution in [0.25, 0.3) is 0 Å². The van der Waals surface area contributed by atoms with Gasteiger partial charge < -0.3 is 10.2 Å². The number of carbonyl (C=O) groups excluding carboxylic acids is 2. The predicted octanol–water partition coefficient (Wildman–Crippen LogP) is 1.52. The zero-order chi connectivity index (χ0) is 15.5. The number of benzene rings is 1. The van der Waals surface area contributed by atoms with Gasteiger partial charge in [0.05, 0.1) is 6.04 Å². The molecule has 2 saturated heterocycles. The summed E-state index contributed by atoms with van der Waals surface area (Å²) < 4.78 is 0. The van der Waals surface area contributed by atoms with Crippen molar-refractivity contribution in [1.82, 2.24) is 15.3 Å². The van der Waals surface area contributed by atoms with E-state index in [0.717, 1.165) is 12.0 Å². The van der Waals surface area contributed by atoms with Crippen LogP contribution in [-0.2, 0) is 16.2 Å². The fourth-order valence-electron chi connectivity index (χ4n) is 3.08. The molecule has 0 aromatic heterocycles. The Labute approximate surface area is 130 Å². The summed E-state index contributed by atoms with van der Waals surface area (Å²) in [5.74, 6) is -0.0702. The molecule has 1 aromatic carbocycles. The van der Waals surface area contributed by atoms with Crippen molar-refractivity contribution in [3.05, 3.63) is 35.9 Å². The molecule has 0 aliphatic carbocycles. The maximum Gasteiger partial charge on any atom is 0.345 e. The number of nitrogens with zero attached hydrogens (tertiary/aromatic N) is 2. The van der Waals surface area contributed by atoms with Crippen LogP contribution < -0.4 is 5.32 Å². The van der Waals surface area contributed by atoms with Crippen LogP contribution >= 0.6 is 0 Å². The molecule has 1 N–H and O–H groups in total. The summed E-state index contributed by atoms with van der Waals surface area (Å²) in [5.41, 5.74) is 1.02. The minimum atomic E-state index is -0.367. The monoisotopic (exact) mass is 303 g/mol. The summed E-state index contributed by atoms with van der Waals surface area (Å²) in [6.45, 7) is 3.39. The van der Waals surface area contributed by atoms with Crippen molar-refractivity contribution in [1.29, 1.82) is 0 Å². The van der Waals surface area contributed by atoms with Gasteiger partial charge in [-0.15, -0.1) is 0 Å². The van der Waals surface area contributed by atoms with E-state index in [1.807, 2.05) is 37.3 Å². The number of hydrogen-bond acceptors (Lipinski definition) is 3. The molecule has 118 valence electrons. The van der Waals surface area contributed by atoms with Crippen molar-refractivity contribution in [3.8, 4) is 0 Å². The van der Waals surface area contributed by atoms with Crippen LogP contribution in [0.2, 0.25) is 0 Å². The Morgan fingerprint density at radius 2 is 2.09 bits per heavy atom. The minimum absolute atomic E-state index is 0.0434. The molecule has 6 heteroatoms. The zero-order valence-electron chi connectivity index (χ0n) is 12.7. The van der Waals surface area contributed by atoms with E-state index in [4.69, 9.17) is 4.84 Å². The van der Waals surface area contributed by atoms with Crippen molar-refractivity contribution in [2.45, 2.75) is 38.5 Å². The van der Waals surface area contributed by atoms with E-state index in [1.54, 1.807) is 4.90 Å². The summed E-state index contributed by atoms with van der Waals surface area (Å²) in [7, 11) is 0. The van der Waals surface area contributed by atoms with Crippen molar-refractivity contribution in [3.63, 3.8) is 0 Å². The molecular weight excluding hydrogens is 282 g/mol. The fourth-order valence-corrected chi connectivity index (χ4v) is 3.08. The van der Waals surface area contributed by atoms with E-state index in [0.29, 0.717) is 26.1 Å². The van der Waals surface area contributed by atoms with E-state index in [9.17, 15) is 9.59 Å². The van der Waals surface area contributed by atoms with Gasteiger partial charge in [0.15, 0.2) is 0 Å². The van der Waals surface area contributed by atoms with Crippen molar-refractivity contribution in [2.24, 2.45) is 0 Å².